The average Bonchev–Trinajstić information content (AvgIpc) is 2.74. The molecule has 7 heteroatoms. The number of carbonyl (C=O) groups is 2. The maximum atomic E-state index is 12.6. The fraction of sp³-hybridized carbons (Fsp3) is 0.292. The molecule has 2 unspecified atom stereocenters. The third-order valence-electron chi connectivity index (χ3n) is 5.06. The van der Waals surface area contributed by atoms with Crippen molar-refractivity contribution in [1.29, 1.82) is 0 Å². The van der Waals surface area contributed by atoms with Crippen molar-refractivity contribution in [2.45, 2.75) is 45.8 Å². The summed E-state index contributed by atoms with van der Waals surface area (Å²) in [7, 11) is 0. The molecule has 162 valence electrons. The number of nitrogens with one attached hydrogen (secondary N) is 1. The lowest BCUT2D eigenvalue weighted by Gasteiger charge is -2.20. The SMILES string of the molecule is CCCc1cc(=O)oc2c(C)c(OC(C)C(=O)NC(C(=O)O)c3ccccc3)ccc12. The van der Waals surface area contributed by atoms with Crippen molar-refractivity contribution in [3.05, 3.63) is 75.6 Å². The highest BCUT2D eigenvalue weighted by Gasteiger charge is 2.26. The van der Waals surface area contributed by atoms with Crippen LogP contribution in [-0.4, -0.2) is 23.1 Å². The summed E-state index contributed by atoms with van der Waals surface area (Å²) in [4.78, 5) is 36.2. The third kappa shape index (κ3) is 4.94. The van der Waals surface area contributed by atoms with Crippen LogP contribution in [0.5, 0.6) is 5.75 Å². The first-order chi connectivity index (χ1) is 14.8. The van der Waals surface area contributed by atoms with Crippen molar-refractivity contribution in [2.24, 2.45) is 0 Å². The Kier molecular flexibility index (Phi) is 6.74. The van der Waals surface area contributed by atoms with Gasteiger partial charge in [-0.05, 0) is 43.5 Å². The summed E-state index contributed by atoms with van der Waals surface area (Å²) in [6, 6.07) is 12.3. The summed E-state index contributed by atoms with van der Waals surface area (Å²) in [5.74, 6) is -1.35. The highest BCUT2D eigenvalue weighted by atomic mass is 16.5. The molecule has 0 aliphatic carbocycles. The maximum absolute atomic E-state index is 12.6. The van der Waals surface area contributed by atoms with Gasteiger partial charge in [0.15, 0.2) is 12.1 Å². The molecule has 0 spiro atoms. The normalized spacial score (nSPS) is 12.9. The number of hydrogen-bond acceptors (Lipinski definition) is 5. The molecule has 0 fully saturated rings. The molecule has 0 bridgehead atoms. The van der Waals surface area contributed by atoms with Gasteiger partial charge < -0.3 is 19.6 Å². The summed E-state index contributed by atoms with van der Waals surface area (Å²) < 4.78 is 11.2. The van der Waals surface area contributed by atoms with Crippen LogP contribution in [0.4, 0.5) is 0 Å². The smallest absolute Gasteiger partial charge is 0.336 e. The Hall–Kier alpha value is -3.61. The molecule has 1 heterocycles. The van der Waals surface area contributed by atoms with Crippen LogP contribution in [0.25, 0.3) is 11.0 Å². The second-order valence-electron chi connectivity index (χ2n) is 7.36. The van der Waals surface area contributed by atoms with E-state index >= 15 is 0 Å². The topological polar surface area (TPSA) is 106 Å². The van der Waals surface area contributed by atoms with Crippen LogP contribution >= 0.6 is 0 Å². The van der Waals surface area contributed by atoms with Crippen LogP contribution in [0.15, 0.2) is 57.7 Å². The number of aryl methyl sites for hydroxylation is 2. The lowest BCUT2D eigenvalue weighted by Crippen LogP contribution is -2.41. The number of carboxylic acid groups (broad SMARTS) is 1. The largest absolute Gasteiger partial charge is 0.480 e. The first kappa shape index (κ1) is 22.1. The first-order valence-corrected chi connectivity index (χ1v) is 10.1. The van der Waals surface area contributed by atoms with E-state index in [0.29, 0.717) is 22.5 Å². The molecule has 3 rings (SSSR count). The molecule has 2 aromatic carbocycles. The van der Waals surface area contributed by atoms with Gasteiger partial charge in [0, 0.05) is 17.0 Å². The van der Waals surface area contributed by atoms with E-state index in [1.807, 2.05) is 6.92 Å². The number of carboxylic acids is 1. The molecule has 0 aliphatic heterocycles. The Morgan fingerprint density at radius 3 is 2.52 bits per heavy atom. The fourth-order valence-electron chi connectivity index (χ4n) is 3.45. The second-order valence-corrected chi connectivity index (χ2v) is 7.36. The number of fused-ring (bicyclic) bond motifs is 1. The number of aliphatic carboxylic acids is 1. The Morgan fingerprint density at radius 1 is 1.16 bits per heavy atom. The van der Waals surface area contributed by atoms with Gasteiger partial charge in [0.05, 0.1) is 0 Å². The predicted octanol–water partition coefficient (Wildman–Crippen LogP) is 3.76. The highest BCUT2D eigenvalue weighted by molar-refractivity contribution is 5.88. The molecule has 31 heavy (non-hydrogen) atoms. The van der Waals surface area contributed by atoms with Crippen molar-refractivity contribution in [3.8, 4) is 5.75 Å². The summed E-state index contributed by atoms with van der Waals surface area (Å²) in [6.45, 7) is 5.32. The number of hydrogen-bond donors (Lipinski definition) is 2. The third-order valence-corrected chi connectivity index (χ3v) is 5.06. The van der Waals surface area contributed by atoms with Gasteiger partial charge in [-0.2, -0.15) is 0 Å². The molecule has 0 saturated carbocycles. The van der Waals surface area contributed by atoms with Crippen LogP contribution in [0.2, 0.25) is 0 Å². The molecule has 2 atom stereocenters. The zero-order valence-corrected chi connectivity index (χ0v) is 17.7. The van der Waals surface area contributed by atoms with Gasteiger partial charge in [-0.3, -0.25) is 4.79 Å². The molecule has 0 saturated heterocycles. The zero-order chi connectivity index (χ0) is 22.5. The van der Waals surface area contributed by atoms with Gasteiger partial charge >= 0.3 is 11.6 Å². The van der Waals surface area contributed by atoms with Crippen molar-refractivity contribution < 1.29 is 23.8 Å². The van der Waals surface area contributed by atoms with Gasteiger partial charge in [0.25, 0.3) is 5.91 Å². The van der Waals surface area contributed by atoms with Gasteiger partial charge in [0.1, 0.15) is 11.3 Å². The average molecular weight is 423 g/mol. The zero-order valence-electron chi connectivity index (χ0n) is 17.7. The van der Waals surface area contributed by atoms with E-state index in [4.69, 9.17) is 9.15 Å². The molecule has 7 nitrogen and oxygen atoms in total. The van der Waals surface area contributed by atoms with E-state index in [1.165, 1.54) is 13.0 Å². The number of ether oxygens (including phenoxy) is 1. The number of amides is 1. The standard InChI is InChI=1S/C24H25NO6/c1-4-8-17-13-20(26)31-22-14(2)19(12-11-18(17)22)30-15(3)23(27)25-21(24(28)29)16-9-6-5-7-10-16/h5-7,9-13,15,21H,4,8H2,1-3H3,(H,25,27)(H,28,29). The van der Waals surface area contributed by atoms with Crippen LogP contribution < -0.4 is 15.7 Å². The molecule has 2 N–H and O–H groups in total. The summed E-state index contributed by atoms with van der Waals surface area (Å²) in [5, 5.41) is 12.8. The van der Waals surface area contributed by atoms with Gasteiger partial charge in [-0.25, -0.2) is 9.59 Å². The maximum Gasteiger partial charge on any atom is 0.336 e. The van der Waals surface area contributed by atoms with Gasteiger partial charge in [-0.15, -0.1) is 0 Å². The molecule has 0 radical (unpaired) electrons. The van der Waals surface area contributed by atoms with Crippen molar-refractivity contribution in [3.63, 3.8) is 0 Å². The van der Waals surface area contributed by atoms with Crippen LogP contribution in [-0.2, 0) is 16.0 Å². The summed E-state index contributed by atoms with van der Waals surface area (Å²) in [6.07, 6.45) is 0.669. The lowest BCUT2D eigenvalue weighted by molar-refractivity contribution is -0.143. The summed E-state index contributed by atoms with van der Waals surface area (Å²) in [5.41, 5.74) is 1.96. The van der Waals surface area contributed by atoms with Crippen LogP contribution in [0, 0.1) is 6.92 Å². The molecule has 3 aromatic rings. The van der Waals surface area contributed by atoms with Gasteiger partial charge in [-0.1, -0.05) is 43.7 Å². The van der Waals surface area contributed by atoms with Crippen molar-refractivity contribution >= 4 is 22.8 Å². The second kappa shape index (κ2) is 9.47. The Labute approximate surface area is 179 Å². The van der Waals surface area contributed by atoms with Crippen LogP contribution in [0.1, 0.15) is 43.0 Å². The van der Waals surface area contributed by atoms with E-state index in [9.17, 15) is 19.5 Å². The monoisotopic (exact) mass is 423 g/mol. The van der Waals surface area contributed by atoms with E-state index in [1.54, 1.807) is 49.4 Å². The van der Waals surface area contributed by atoms with Gasteiger partial charge in [0.2, 0.25) is 0 Å². The molecule has 1 aromatic heterocycles. The molecular formula is C24H25NO6. The predicted molar refractivity (Wildman–Crippen MR) is 116 cm³/mol. The number of rotatable bonds is 8. The Bertz CT molecular complexity index is 1150. The minimum absolute atomic E-state index is 0.388. The van der Waals surface area contributed by atoms with E-state index in [-0.39, 0.29) is 0 Å². The minimum atomic E-state index is -1.19. The number of benzene rings is 2. The first-order valence-electron chi connectivity index (χ1n) is 10.1. The fourth-order valence-corrected chi connectivity index (χ4v) is 3.45. The van der Waals surface area contributed by atoms with E-state index in [2.05, 4.69) is 5.32 Å². The quantitative estimate of drug-likeness (QED) is 0.535. The van der Waals surface area contributed by atoms with E-state index < -0.39 is 29.6 Å². The number of carbonyl (C=O) groups excluding carboxylic acids is 1. The molecule has 0 aliphatic rings. The molecule has 1 amide bonds. The van der Waals surface area contributed by atoms with E-state index in [0.717, 1.165) is 23.8 Å². The highest BCUT2D eigenvalue weighted by Crippen LogP contribution is 2.29. The van der Waals surface area contributed by atoms with Crippen molar-refractivity contribution in [2.75, 3.05) is 0 Å². The molecular weight excluding hydrogens is 398 g/mol. The Balaban J connectivity index is 1.83. The van der Waals surface area contributed by atoms with Crippen LogP contribution in [0.3, 0.4) is 0 Å². The minimum Gasteiger partial charge on any atom is -0.480 e. The summed E-state index contributed by atoms with van der Waals surface area (Å²) >= 11 is 0. The Morgan fingerprint density at radius 2 is 1.87 bits per heavy atom. The lowest BCUT2D eigenvalue weighted by atomic mass is 10.0. The van der Waals surface area contributed by atoms with Crippen molar-refractivity contribution in [1.82, 2.24) is 5.32 Å².